The van der Waals surface area contributed by atoms with Crippen LogP contribution in [0.2, 0.25) is 0 Å². The number of halogens is 1. The standard InChI is InChI=1S/C38H50N4O6.CH5N.CH4O.ClH/c1-38(2,3)33-25-31-24-32(26-33)37(44)40-35-9-5-7-30(23-35)28-42-12-16-47-20-18-45-14-10-41(11-15-46-19-21-48-17-13-42)27-29-6-4-8-34(22-29)39-36(31)43;2*1-2;/h4-9,22-26H,10-21,27-28H2,1-3H3,(H,39,43)(H,40,44);2H2,1H3;2H,1H3;1H. The fraction of sp³-hybridized carbons (Fsp3) is 0.500. The van der Waals surface area contributed by atoms with E-state index in [1.165, 1.54) is 0 Å². The van der Waals surface area contributed by atoms with Gasteiger partial charge in [-0.15, -0.1) is 0 Å². The molecule has 0 spiro atoms. The predicted octanol–water partition coefficient (Wildman–Crippen LogP) is 0.657. The highest BCUT2D eigenvalue weighted by molar-refractivity contribution is 6.09. The lowest BCUT2D eigenvalue weighted by atomic mass is 9.85. The number of ether oxygens (including phenoxy) is 4. The summed E-state index contributed by atoms with van der Waals surface area (Å²) in [6, 6.07) is 21.2. The molecule has 6 rings (SSSR count). The number of carbonyl (C=O) groups excluding carboxylic acids is 2. The molecule has 0 unspecified atom stereocenters. The van der Waals surface area contributed by atoms with Gasteiger partial charge in [-0.1, -0.05) is 45.0 Å². The molecule has 0 aromatic heterocycles. The van der Waals surface area contributed by atoms with Crippen molar-refractivity contribution in [3.8, 4) is 0 Å². The zero-order chi connectivity index (χ0) is 37.8. The van der Waals surface area contributed by atoms with Gasteiger partial charge in [-0.3, -0.25) is 19.4 Å². The predicted molar refractivity (Wildman–Crippen MR) is 205 cm³/mol. The fourth-order valence-corrected chi connectivity index (χ4v) is 5.70. The molecule has 0 atom stereocenters. The van der Waals surface area contributed by atoms with Crippen molar-refractivity contribution < 1.29 is 51.8 Å². The van der Waals surface area contributed by atoms with Crippen molar-refractivity contribution in [1.29, 1.82) is 0 Å². The topological polar surface area (TPSA) is 149 Å². The summed E-state index contributed by atoms with van der Waals surface area (Å²) in [5.74, 6) is -0.540. The number of aliphatic hydroxyl groups excluding tert-OH is 1. The molecular weight excluding hydrogens is 698 g/mol. The third-order valence-electron chi connectivity index (χ3n) is 8.46. The maximum atomic E-state index is 13.7. The molecule has 1 saturated heterocycles. The smallest absolute Gasteiger partial charge is 0.255 e. The highest BCUT2D eigenvalue weighted by Gasteiger charge is 2.21. The van der Waals surface area contributed by atoms with E-state index in [1.54, 1.807) is 13.1 Å². The zero-order valence-electron chi connectivity index (χ0n) is 32.1. The molecule has 53 heavy (non-hydrogen) atoms. The molecule has 6 N–H and O–H groups in total. The third kappa shape index (κ3) is 16.2. The van der Waals surface area contributed by atoms with E-state index < -0.39 is 0 Å². The van der Waals surface area contributed by atoms with E-state index in [4.69, 9.17) is 24.1 Å². The molecule has 0 radical (unpaired) electrons. The Bertz CT molecular complexity index is 1400. The number of rotatable bonds is 0. The molecule has 0 saturated carbocycles. The first-order valence-electron chi connectivity index (χ1n) is 18.1. The van der Waals surface area contributed by atoms with Gasteiger partial charge in [-0.25, -0.2) is 0 Å². The molecule has 3 aromatic rings. The second-order valence-electron chi connectivity index (χ2n) is 13.4. The number of nitrogens with zero attached hydrogens (tertiary/aromatic N) is 2. The first-order chi connectivity index (χ1) is 25.2. The number of carbonyl (C=O) groups is 2. The Kier molecular flexibility index (Phi) is 21.4. The monoisotopic (exact) mass is 757 g/mol. The van der Waals surface area contributed by atoms with Crippen molar-refractivity contribution in [3.63, 3.8) is 0 Å². The first-order valence-corrected chi connectivity index (χ1v) is 18.1. The Balaban J connectivity index is 0.00000188. The van der Waals surface area contributed by atoms with E-state index in [0.717, 1.165) is 50.0 Å². The van der Waals surface area contributed by atoms with E-state index in [2.05, 4.69) is 59.1 Å². The lowest BCUT2D eigenvalue weighted by Crippen LogP contribution is -3.00. The second kappa shape index (κ2) is 24.8. The third-order valence-corrected chi connectivity index (χ3v) is 8.46. The lowest BCUT2D eigenvalue weighted by molar-refractivity contribution is -0.325. The highest BCUT2D eigenvalue weighted by Crippen LogP contribution is 2.26. The maximum Gasteiger partial charge on any atom is 0.255 e. The number of fused-ring (bicyclic) bond motifs is 16. The molecule has 3 aliphatic heterocycles. The number of amides is 2. The van der Waals surface area contributed by atoms with Crippen LogP contribution in [0.4, 0.5) is 11.4 Å². The van der Waals surface area contributed by atoms with Crippen LogP contribution in [0, 0.1) is 0 Å². The van der Waals surface area contributed by atoms with E-state index >= 15 is 0 Å². The maximum absolute atomic E-state index is 13.7. The van der Waals surface area contributed by atoms with Crippen LogP contribution in [0.25, 0.3) is 0 Å². The molecular formula is C40H60ClN5O7. The van der Waals surface area contributed by atoms with Gasteiger partial charge in [0.1, 0.15) is 0 Å². The van der Waals surface area contributed by atoms with Crippen LogP contribution in [-0.4, -0.2) is 120 Å². The minimum atomic E-state index is -0.276. The molecule has 2 amide bonds. The number of hydrogen-bond donors (Lipinski definition) is 4. The summed E-state index contributed by atoms with van der Waals surface area (Å²) in [7, 11) is 2.75. The molecule has 294 valence electrons. The Morgan fingerprint density at radius 3 is 1.28 bits per heavy atom. The van der Waals surface area contributed by atoms with Crippen LogP contribution in [0.3, 0.4) is 0 Å². The SMILES string of the molecule is CC(C)(C)c1cc2cc(c1)C(=O)Nc1cccc(c1)CN1CCOCCOCCN(CCOCCOCC1)Cc1cccc(c1)NC2=O.CO.C[NH3+].[Cl-]. The minimum absolute atomic E-state index is 0. The van der Waals surface area contributed by atoms with Crippen molar-refractivity contribution in [1.82, 2.24) is 9.80 Å². The van der Waals surface area contributed by atoms with Crippen molar-refractivity contribution in [2.75, 3.05) is 104 Å². The molecule has 3 aromatic carbocycles. The summed E-state index contributed by atoms with van der Waals surface area (Å²) in [4.78, 5) is 31.9. The van der Waals surface area contributed by atoms with Crippen molar-refractivity contribution >= 4 is 23.2 Å². The molecule has 8 bridgehead atoms. The van der Waals surface area contributed by atoms with E-state index in [1.807, 2.05) is 48.5 Å². The van der Waals surface area contributed by atoms with Gasteiger partial charge in [0.05, 0.1) is 59.9 Å². The number of hydrogen-bond acceptors (Lipinski definition) is 9. The van der Waals surface area contributed by atoms with Gasteiger partial charge in [0, 0.05) is 68.9 Å². The summed E-state index contributed by atoms with van der Waals surface area (Å²) in [5, 5.41) is 13.1. The average molecular weight is 758 g/mol. The summed E-state index contributed by atoms with van der Waals surface area (Å²) in [6.45, 7) is 14.9. The normalized spacial score (nSPS) is 19.6. The Hall–Kier alpha value is -3.43. The van der Waals surface area contributed by atoms with Gasteiger partial charge in [0.2, 0.25) is 0 Å². The molecule has 3 heterocycles. The fourth-order valence-electron chi connectivity index (χ4n) is 5.70. The summed E-state index contributed by atoms with van der Waals surface area (Å²) in [5.41, 5.74) is 8.23. The number of anilines is 2. The van der Waals surface area contributed by atoms with E-state index in [9.17, 15) is 9.59 Å². The molecule has 0 aliphatic carbocycles. The Morgan fingerprint density at radius 2 is 0.943 bits per heavy atom. The van der Waals surface area contributed by atoms with Gasteiger partial charge >= 0.3 is 0 Å². The Labute approximate surface area is 321 Å². The second-order valence-corrected chi connectivity index (χ2v) is 13.4. The van der Waals surface area contributed by atoms with Crippen molar-refractivity contribution in [2.24, 2.45) is 0 Å². The van der Waals surface area contributed by atoms with Crippen LogP contribution in [-0.2, 0) is 37.5 Å². The summed E-state index contributed by atoms with van der Waals surface area (Å²) >= 11 is 0. The van der Waals surface area contributed by atoms with Crippen LogP contribution >= 0.6 is 0 Å². The van der Waals surface area contributed by atoms with Crippen LogP contribution in [0.1, 0.15) is 58.2 Å². The highest BCUT2D eigenvalue weighted by atomic mass is 35.5. The van der Waals surface area contributed by atoms with E-state index in [0.29, 0.717) is 88.4 Å². The van der Waals surface area contributed by atoms with Crippen LogP contribution < -0.4 is 28.8 Å². The van der Waals surface area contributed by atoms with Crippen LogP contribution in [0.15, 0.2) is 66.7 Å². The van der Waals surface area contributed by atoms with E-state index in [-0.39, 0.29) is 29.6 Å². The van der Waals surface area contributed by atoms with Crippen molar-refractivity contribution in [2.45, 2.75) is 39.3 Å². The van der Waals surface area contributed by atoms with Gasteiger partial charge in [-0.05, 0) is 64.6 Å². The lowest BCUT2D eigenvalue weighted by Gasteiger charge is -2.24. The molecule has 1 fully saturated rings. The number of benzene rings is 3. The van der Waals surface area contributed by atoms with Crippen LogP contribution in [0.5, 0.6) is 0 Å². The zero-order valence-corrected chi connectivity index (χ0v) is 32.9. The Morgan fingerprint density at radius 1 is 0.585 bits per heavy atom. The minimum Gasteiger partial charge on any atom is -1.00 e. The number of quaternary nitrogens is 1. The van der Waals surface area contributed by atoms with Gasteiger partial charge in [-0.2, -0.15) is 0 Å². The first kappa shape index (κ1) is 45.7. The molecule has 12 nitrogen and oxygen atoms in total. The van der Waals surface area contributed by atoms with Gasteiger partial charge in [0.15, 0.2) is 0 Å². The number of aliphatic hydroxyl groups is 1. The van der Waals surface area contributed by atoms with Crippen molar-refractivity contribution in [3.05, 3.63) is 94.5 Å². The molecule has 13 heteroatoms. The summed E-state index contributed by atoms with van der Waals surface area (Å²) in [6.07, 6.45) is 0. The number of nitrogens with one attached hydrogen (secondary N) is 2. The quantitative estimate of drug-likeness (QED) is 0.260. The molecule has 3 aliphatic rings. The average Bonchev–Trinajstić information content (AvgIpc) is 3.14. The van der Waals surface area contributed by atoms with Gasteiger partial charge < -0.3 is 52.8 Å². The largest absolute Gasteiger partial charge is 1.00 e. The summed E-state index contributed by atoms with van der Waals surface area (Å²) < 4.78 is 23.7. The van der Waals surface area contributed by atoms with Gasteiger partial charge in [0.25, 0.3) is 11.8 Å².